The summed E-state index contributed by atoms with van der Waals surface area (Å²) in [6.07, 6.45) is 7.11. The summed E-state index contributed by atoms with van der Waals surface area (Å²) < 4.78 is 0. The van der Waals surface area contributed by atoms with Crippen molar-refractivity contribution in [2.24, 2.45) is 0 Å². The Morgan fingerprint density at radius 1 is 1.21 bits per heavy atom. The van der Waals surface area contributed by atoms with Crippen LogP contribution in [0.15, 0.2) is 30.3 Å². The Labute approximate surface area is 169 Å². The van der Waals surface area contributed by atoms with E-state index in [4.69, 9.17) is 6.42 Å². The molecule has 2 aliphatic heterocycles. The highest BCUT2D eigenvalue weighted by Crippen LogP contribution is 2.22. The van der Waals surface area contributed by atoms with E-state index in [0.717, 1.165) is 36.4 Å². The molecular formula is C22H23N3O2S. The topological polar surface area (TPSA) is 52.7 Å². The number of hydrogen-bond acceptors (Lipinski definition) is 4. The Morgan fingerprint density at radius 2 is 2.07 bits per heavy atom. The molecular weight excluding hydrogens is 370 g/mol. The maximum atomic E-state index is 12.9. The fourth-order valence-corrected chi connectivity index (χ4v) is 4.59. The van der Waals surface area contributed by atoms with Gasteiger partial charge in [0.15, 0.2) is 0 Å². The number of nitrogens with one attached hydrogen (secondary N) is 1. The Bertz CT molecular complexity index is 959. The average Bonchev–Trinajstić information content (AvgIpc) is 3.36. The maximum Gasteiger partial charge on any atom is 0.261 e. The van der Waals surface area contributed by atoms with E-state index in [1.54, 1.807) is 12.1 Å². The fourth-order valence-electron chi connectivity index (χ4n) is 3.87. The number of amides is 2. The quantitative estimate of drug-likeness (QED) is 0.815. The number of nitrogens with zero attached hydrogens (tertiary/aromatic N) is 2. The van der Waals surface area contributed by atoms with Crippen LogP contribution in [0.25, 0.3) is 0 Å². The van der Waals surface area contributed by atoms with Crippen LogP contribution in [0.1, 0.15) is 42.5 Å². The summed E-state index contributed by atoms with van der Waals surface area (Å²) in [6.45, 7) is 3.15. The third-order valence-corrected chi connectivity index (χ3v) is 6.45. The Kier molecular flexibility index (Phi) is 5.21. The number of likely N-dealkylation sites (tertiary alicyclic amines) is 1. The van der Waals surface area contributed by atoms with Gasteiger partial charge in [0.2, 0.25) is 0 Å². The molecule has 0 radical (unpaired) electrons. The summed E-state index contributed by atoms with van der Waals surface area (Å²) in [5.74, 6) is 2.47. The van der Waals surface area contributed by atoms with Gasteiger partial charge in [-0.25, -0.2) is 0 Å². The number of carbonyl (C=O) groups excluding carboxylic acids is 2. The van der Waals surface area contributed by atoms with E-state index in [2.05, 4.69) is 29.3 Å². The highest BCUT2D eigenvalue weighted by molar-refractivity contribution is 7.14. The summed E-state index contributed by atoms with van der Waals surface area (Å²) >= 11 is 1.31. The summed E-state index contributed by atoms with van der Waals surface area (Å²) in [4.78, 5) is 30.8. The lowest BCUT2D eigenvalue weighted by Gasteiger charge is -2.25. The molecule has 0 bridgehead atoms. The number of hydrogen-bond donors (Lipinski definition) is 1. The zero-order chi connectivity index (χ0) is 19.7. The van der Waals surface area contributed by atoms with Crippen molar-refractivity contribution in [2.75, 3.05) is 26.7 Å². The lowest BCUT2D eigenvalue weighted by Crippen LogP contribution is -2.38. The highest BCUT2D eigenvalue weighted by atomic mass is 32.1. The van der Waals surface area contributed by atoms with Crippen LogP contribution in [0, 0.1) is 12.3 Å². The number of rotatable bonds is 3. The molecule has 1 atom stereocenters. The first-order chi connectivity index (χ1) is 13.5. The molecule has 2 aliphatic rings. The number of fused-ring (bicyclic) bond motifs is 1. The van der Waals surface area contributed by atoms with Gasteiger partial charge in [0.25, 0.3) is 11.8 Å². The molecule has 2 aromatic rings. The second kappa shape index (κ2) is 7.78. The standard InChI is InChI=1S/C22H23N3O2S/c1-3-19-6-7-20(28-19)21(26)23-18-9-11-25(14-18)22(27)16-4-5-17-13-24(2)10-8-15(17)12-16/h1,4-7,12,18H,8-11,13-14H2,2H3,(H,23,26)/t18-/m1/s1. The average molecular weight is 394 g/mol. The fraction of sp³-hybridized carbons (Fsp3) is 0.364. The Hall–Kier alpha value is -2.62. The lowest BCUT2D eigenvalue weighted by molar-refractivity contribution is 0.0783. The van der Waals surface area contributed by atoms with Crippen molar-refractivity contribution >= 4 is 23.2 Å². The van der Waals surface area contributed by atoms with Crippen LogP contribution in [-0.4, -0.2) is 54.3 Å². The van der Waals surface area contributed by atoms with Crippen LogP contribution in [-0.2, 0) is 13.0 Å². The van der Waals surface area contributed by atoms with E-state index in [-0.39, 0.29) is 17.9 Å². The predicted octanol–water partition coefficient (Wildman–Crippen LogP) is 2.36. The molecule has 3 heterocycles. The Balaban J connectivity index is 1.38. The van der Waals surface area contributed by atoms with Gasteiger partial charge in [-0.05, 0) is 55.3 Å². The van der Waals surface area contributed by atoms with Crippen molar-refractivity contribution in [1.82, 2.24) is 15.1 Å². The first-order valence-corrected chi connectivity index (χ1v) is 10.3. The highest BCUT2D eigenvalue weighted by Gasteiger charge is 2.29. The van der Waals surface area contributed by atoms with Crippen LogP contribution < -0.4 is 5.32 Å². The van der Waals surface area contributed by atoms with E-state index in [0.29, 0.717) is 18.0 Å². The summed E-state index contributed by atoms with van der Waals surface area (Å²) in [7, 11) is 2.12. The SMILES string of the molecule is C#Cc1ccc(C(=O)N[C@@H]2CCN(C(=O)c3ccc4c(c3)CCN(C)C4)C2)s1. The van der Waals surface area contributed by atoms with Gasteiger partial charge in [0.1, 0.15) is 0 Å². The van der Waals surface area contributed by atoms with E-state index < -0.39 is 0 Å². The van der Waals surface area contributed by atoms with Gasteiger partial charge >= 0.3 is 0 Å². The molecule has 2 amide bonds. The molecule has 5 nitrogen and oxygen atoms in total. The zero-order valence-corrected chi connectivity index (χ0v) is 16.7. The van der Waals surface area contributed by atoms with E-state index in [1.165, 1.54) is 22.5 Å². The van der Waals surface area contributed by atoms with E-state index in [9.17, 15) is 9.59 Å². The van der Waals surface area contributed by atoms with Crippen LogP contribution >= 0.6 is 11.3 Å². The molecule has 0 spiro atoms. The molecule has 144 valence electrons. The maximum absolute atomic E-state index is 12.9. The number of terminal acetylenes is 1. The molecule has 1 fully saturated rings. The number of likely N-dealkylation sites (N-methyl/N-ethyl adjacent to an activating group) is 1. The smallest absolute Gasteiger partial charge is 0.261 e. The van der Waals surface area contributed by atoms with Crippen LogP contribution in [0.5, 0.6) is 0 Å². The third kappa shape index (κ3) is 3.82. The number of carbonyl (C=O) groups is 2. The van der Waals surface area contributed by atoms with Gasteiger partial charge < -0.3 is 15.1 Å². The molecule has 6 heteroatoms. The van der Waals surface area contributed by atoms with E-state index in [1.807, 2.05) is 17.0 Å². The molecule has 1 aromatic carbocycles. The predicted molar refractivity (Wildman–Crippen MR) is 111 cm³/mol. The second-order valence-electron chi connectivity index (χ2n) is 7.49. The second-order valence-corrected chi connectivity index (χ2v) is 8.57. The van der Waals surface area contributed by atoms with Crippen molar-refractivity contribution in [3.05, 3.63) is 56.8 Å². The molecule has 0 saturated carbocycles. The normalized spacial score (nSPS) is 19.1. The largest absolute Gasteiger partial charge is 0.347 e. The molecule has 28 heavy (non-hydrogen) atoms. The Morgan fingerprint density at radius 3 is 2.86 bits per heavy atom. The molecule has 0 aliphatic carbocycles. The molecule has 1 aromatic heterocycles. The minimum Gasteiger partial charge on any atom is -0.347 e. The molecule has 4 rings (SSSR count). The van der Waals surface area contributed by atoms with Gasteiger partial charge in [0, 0.05) is 37.8 Å². The van der Waals surface area contributed by atoms with Gasteiger partial charge in [-0.3, -0.25) is 9.59 Å². The summed E-state index contributed by atoms with van der Waals surface area (Å²) in [5.41, 5.74) is 3.32. The van der Waals surface area contributed by atoms with E-state index >= 15 is 0 Å². The molecule has 1 saturated heterocycles. The lowest BCUT2D eigenvalue weighted by atomic mass is 9.97. The molecule has 1 N–H and O–H groups in total. The third-order valence-electron chi connectivity index (χ3n) is 5.44. The zero-order valence-electron chi connectivity index (χ0n) is 15.9. The number of thiophene rings is 1. The van der Waals surface area contributed by atoms with Crippen molar-refractivity contribution in [3.63, 3.8) is 0 Å². The summed E-state index contributed by atoms with van der Waals surface area (Å²) in [6, 6.07) is 9.55. The van der Waals surface area contributed by atoms with Crippen molar-refractivity contribution in [1.29, 1.82) is 0 Å². The van der Waals surface area contributed by atoms with Crippen LogP contribution in [0.4, 0.5) is 0 Å². The van der Waals surface area contributed by atoms with Crippen molar-refractivity contribution in [3.8, 4) is 12.3 Å². The van der Waals surface area contributed by atoms with Gasteiger partial charge in [0.05, 0.1) is 9.75 Å². The first kappa shape index (κ1) is 18.7. The van der Waals surface area contributed by atoms with Gasteiger partial charge in [-0.2, -0.15) is 0 Å². The summed E-state index contributed by atoms with van der Waals surface area (Å²) in [5, 5.41) is 3.03. The van der Waals surface area contributed by atoms with Crippen LogP contribution in [0.3, 0.4) is 0 Å². The van der Waals surface area contributed by atoms with Crippen LogP contribution in [0.2, 0.25) is 0 Å². The van der Waals surface area contributed by atoms with Crippen molar-refractivity contribution < 1.29 is 9.59 Å². The first-order valence-electron chi connectivity index (χ1n) is 9.50. The van der Waals surface area contributed by atoms with Gasteiger partial charge in [-0.1, -0.05) is 12.0 Å². The van der Waals surface area contributed by atoms with Gasteiger partial charge in [-0.15, -0.1) is 17.8 Å². The van der Waals surface area contributed by atoms with Crippen molar-refractivity contribution in [2.45, 2.75) is 25.4 Å². The molecule has 0 unspecified atom stereocenters. The monoisotopic (exact) mass is 393 g/mol. The number of benzene rings is 1. The minimum atomic E-state index is -0.122. The minimum absolute atomic E-state index is 0.0286.